The number of allylic oxidation sites excluding steroid dienone is 1. The zero-order valence-corrected chi connectivity index (χ0v) is 16.0. The van der Waals surface area contributed by atoms with Crippen molar-refractivity contribution in [3.05, 3.63) is 107 Å². The van der Waals surface area contributed by atoms with Gasteiger partial charge in [0, 0.05) is 10.9 Å². The monoisotopic (exact) mass is 388 g/mol. The number of pyridine rings is 1. The van der Waals surface area contributed by atoms with Crippen LogP contribution in [0.4, 0.5) is 0 Å². The standard InChI is InChI=1S/C26H16N2O2/c27-15-18-12-10-17(11-13-18)14-23-26(29)25-22(16-30-23)28-21-9-5-4-8-20(21)24(25)19-6-2-1-3-7-19/h1-14H,16H2/b23-14-. The van der Waals surface area contributed by atoms with Gasteiger partial charge in [-0.05, 0) is 35.4 Å². The van der Waals surface area contributed by atoms with E-state index >= 15 is 0 Å². The molecule has 0 spiro atoms. The molecule has 4 nitrogen and oxygen atoms in total. The van der Waals surface area contributed by atoms with Crippen LogP contribution in [0.1, 0.15) is 27.2 Å². The number of aromatic nitrogens is 1. The number of hydrogen-bond acceptors (Lipinski definition) is 4. The maximum Gasteiger partial charge on any atom is 0.230 e. The molecule has 142 valence electrons. The molecule has 0 saturated carbocycles. The third kappa shape index (κ3) is 3.03. The number of rotatable bonds is 2. The molecule has 1 aliphatic rings. The molecule has 0 unspecified atom stereocenters. The van der Waals surface area contributed by atoms with Gasteiger partial charge < -0.3 is 4.74 Å². The Morgan fingerprint density at radius 2 is 1.63 bits per heavy atom. The Kier molecular flexibility index (Phi) is 4.34. The number of Topliss-reactive ketones (excluding diaryl/α,β-unsaturated/α-hetero) is 1. The Bertz CT molecular complexity index is 1350. The highest BCUT2D eigenvalue weighted by atomic mass is 16.5. The van der Waals surface area contributed by atoms with Crippen molar-refractivity contribution in [3.63, 3.8) is 0 Å². The van der Waals surface area contributed by atoms with E-state index < -0.39 is 0 Å². The number of nitrogens with zero attached hydrogens (tertiary/aromatic N) is 2. The van der Waals surface area contributed by atoms with Crippen molar-refractivity contribution < 1.29 is 9.53 Å². The van der Waals surface area contributed by atoms with E-state index in [1.54, 1.807) is 30.3 Å². The zero-order valence-electron chi connectivity index (χ0n) is 16.0. The van der Waals surface area contributed by atoms with Gasteiger partial charge in [-0.2, -0.15) is 5.26 Å². The number of ketones is 1. The van der Waals surface area contributed by atoms with Crippen LogP contribution in [-0.2, 0) is 11.3 Å². The smallest absolute Gasteiger partial charge is 0.230 e. The molecule has 5 rings (SSSR count). The molecule has 0 bridgehead atoms. The van der Waals surface area contributed by atoms with Crippen LogP contribution >= 0.6 is 0 Å². The van der Waals surface area contributed by atoms with Crippen molar-refractivity contribution in [2.45, 2.75) is 6.61 Å². The van der Waals surface area contributed by atoms with E-state index in [9.17, 15) is 4.79 Å². The number of carbonyl (C=O) groups excluding carboxylic acids is 1. The highest BCUT2D eigenvalue weighted by Crippen LogP contribution is 2.37. The number of fused-ring (bicyclic) bond motifs is 2. The van der Waals surface area contributed by atoms with E-state index in [2.05, 4.69) is 6.07 Å². The molecule has 0 aliphatic carbocycles. The second-order valence-electron chi connectivity index (χ2n) is 7.05. The second kappa shape index (κ2) is 7.31. The third-order valence-electron chi connectivity index (χ3n) is 5.18. The molecule has 1 aromatic heterocycles. The van der Waals surface area contributed by atoms with Crippen molar-refractivity contribution >= 4 is 22.8 Å². The normalized spacial score (nSPS) is 14.2. The maximum absolute atomic E-state index is 13.5. The minimum atomic E-state index is -0.183. The number of benzene rings is 3. The van der Waals surface area contributed by atoms with E-state index in [1.165, 1.54) is 0 Å². The molecule has 0 amide bonds. The SMILES string of the molecule is N#Cc1ccc(/C=C2\OCc3nc4ccccc4c(-c4ccccc4)c3C2=O)cc1. The summed E-state index contributed by atoms with van der Waals surface area (Å²) >= 11 is 0. The number of ether oxygens (including phenoxy) is 1. The van der Waals surface area contributed by atoms with Crippen LogP contribution < -0.4 is 0 Å². The van der Waals surface area contributed by atoms with Gasteiger partial charge in [-0.25, -0.2) is 4.98 Å². The summed E-state index contributed by atoms with van der Waals surface area (Å²) in [5.74, 6) is 0.0965. The molecule has 2 heterocycles. The van der Waals surface area contributed by atoms with E-state index in [4.69, 9.17) is 15.0 Å². The Morgan fingerprint density at radius 1 is 0.900 bits per heavy atom. The van der Waals surface area contributed by atoms with Gasteiger partial charge in [-0.3, -0.25) is 4.79 Å². The van der Waals surface area contributed by atoms with E-state index in [0.717, 1.165) is 27.6 Å². The Hall–Kier alpha value is -4.23. The lowest BCUT2D eigenvalue weighted by Gasteiger charge is -2.22. The quantitative estimate of drug-likeness (QED) is 0.424. The molecule has 4 aromatic rings. The topological polar surface area (TPSA) is 63.0 Å². The fourth-order valence-corrected chi connectivity index (χ4v) is 3.76. The van der Waals surface area contributed by atoms with Gasteiger partial charge in [0.1, 0.15) is 6.61 Å². The predicted octanol–water partition coefficient (Wildman–Crippen LogP) is 5.53. The summed E-state index contributed by atoms with van der Waals surface area (Å²) in [7, 11) is 0. The first-order valence-corrected chi connectivity index (χ1v) is 9.61. The summed E-state index contributed by atoms with van der Waals surface area (Å²) in [5, 5.41) is 9.92. The van der Waals surface area contributed by atoms with Crippen LogP contribution in [0.3, 0.4) is 0 Å². The highest BCUT2D eigenvalue weighted by molar-refractivity contribution is 6.18. The van der Waals surface area contributed by atoms with E-state index in [-0.39, 0.29) is 18.1 Å². The van der Waals surface area contributed by atoms with Gasteiger partial charge in [-0.15, -0.1) is 0 Å². The van der Waals surface area contributed by atoms with Gasteiger partial charge in [0.2, 0.25) is 5.78 Å². The molecule has 0 saturated heterocycles. The van der Waals surface area contributed by atoms with Crippen molar-refractivity contribution in [1.29, 1.82) is 5.26 Å². The van der Waals surface area contributed by atoms with Crippen LogP contribution in [0.25, 0.3) is 28.1 Å². The lowest BCUT2D eigenvalue weighted by molar-refractivity contribution is 0.0867. The summed E-state index contributed by atoms with van der Waals surface area (Å²) in [6, 6.07) is 26.9. The number of nitriles is 1. The van der Waals surface area contributed by atoms with Crippen LogP contribution in [0.15, 0.2) is 84.6 Å². The summed E-state index contributed by atoms with van der Waals surface area (Å²) in [5.41, 5.74) is 5.30. The molecule has 0 radical (unpaired) electrons. The van der Waals surface area contributed by atoms with Crippen molar-refractivity contribution in [3.8, 4) is 17.2 Å². The van der Waals surface area contributed by atoms with Gasteiger partial charge >= 0.3 is 0 Å². The van der Waals surface area contributed by atoms with Gasteiger partial charge in [0.05, 0.1) is 28.4 Å². The lowest BCUT2D eigenvalue weighted by atomic mass is 9.90. The van der Waals surface area contributed by atoms with Crippen molar-refractivity contribution in [2.75, 3.05) is 0 Å². The van der Waals surface area contributed by atoms with Crippen LogP contribution in [0.2, 0.25) is 0 Å². The van der Waals surface area contributed by atoms with Crippen molar-refractivity contribution in [1.82, 2.24) is 4.98 Å². The number of hydrogen-bond donors (Lipinski definition) is 0. The first kappa shape index (κ1) is 17.8. The lowest BCUT2D eigenvalue weighted by Crippen LogP contribution is -2.19. The third-order valence-corrected chi connectivity index (χ3v) is 5.18. The largest absolute Gasteiger partial charge is 0.483 e. The van der Waals surface area contributed by atoms with Crippen LogP contribution in [0, 0.1) is 11.3 Å². The summed E-state index contributed by atoms with van der Waals surface area (Å²) in [4.78, 5) is 18.2. The predicted molar refractivity (Wildman–Crippen MR) is 115 cm³/mol. The summed E-state index contributed by atoms with van der Waals surface area (Å²) in [6.45, 7) is 0.230. The first-order valence-electron chi connectivity index (χ1n) is 9.61. The average Bonchev–Trinajstić information content (AvgIpc) is 2.80. The Morgan fingerprint density at radius 3 is 2.40 bits per heavy atom. The molecule has 4 heteroatoms. The highest BCUT2D eigenvalue weighted by Gasteiger charge is 2.29. The zero-order chi connectivity index (χ0) is 20.5. The maximum atomic E-state index is 13.5. The fourth-order valence-electron chi connectivity index (χ4n) is 3.76. The molecule has 0 N–H and O–H groups in total. The number of para-hydroxylation sites is 1. The Balaban J connectivity index is 1.70. The molecular weight excluding hydrogens is 372 g/mol. The van der Waals surface area contributed by atoms with Crippen molar-refractivity contribution in [2.24, 2.45) is 0 Å². The average molecular weight is 388 g/mol. The fraction of sp³-hybridized carbons (Fsp3) is 0.0385. The summed E-state index contributed by atoms with van der Waals surface area (Å²) in [6.07, 6.45) is 1.72. The second-order valence-corrected chi connectivity index (χ2v) is 7.05. The van der Waals surface area contributed by atoms with Gasteiger partial charge in [-0.1, -0.05) is 60.7 Å². The minimum absolute atomic E-state index is 0.183. The number of carbonyl (C=O) groups is 1. The molecule has 0 atom stereocenters. The molecule has 0 fully saturated rings. The van der Waals surface area contributed by atoms with Gasteiger partial charge in [0.25, 0.3) is 0 Å². The van der Waals surface area contributed by atoms with Gasteiger partial charge in [0.15, 0.2) is 5.76 Å². The van der Waals surface area contributed by atoms with Crippen LogP contribution in [0.5, 0.6) is 0 Å². The molecule has 30 heavy (non-hydrogen) atoms. The first-order chi connectivity index (χ1) is 14.7. The molecular formula is C26H16N2O2. The minimum Gasteiger partial charge on any atom is -0.483 e. The molecule has 3 aromatic carbocycles. The van der Waals surface area contributed by atoms with E-state index in [0.29, 0.717) is 16.8 Å². The van der Waals surface area contributed by atoms with E-state index in [1.807, 2.05) is 54.6 Å². The Labute approximate surface area is 173 Å². The molecule has 1 aliphatic heterocycles. The summed E-state index contributed by atoms with van der Waals surface area (Å²) < 4.78 is 5.80. The van der Waals surface area contributed by atoms with Crippen LogP contribution in [-0.4, -0.2) is 10.8 Å².